The molecule has 2 aromatic carbocycles. The minimum absolute atomic E-state index is 0.120. The lowest BCUT2D eigenvalue weighted by Crippen LogP contribution is -2.48. The van der Waals surface area contributed by atoms with Crippen LogP contribution in [0, 0.1) is 17.8 Å². The number of carbonyl (C=O) groups is 1. The highest BCUT2D eigenvalue weighted by Crippen LogP contribution is 2.48. The summed E-state index contributed by atoms with van der Waals surface area (Å²) in [5.74, 6) is 0.668. The van der Waals surface area contributed by atoms with Gasteiger partial charge in [0.05, 0.1) is 17.6 Å². The quantitative estimate of drug-likeness (QED) is 0.319. The Bertz CT molecular complexity index is 1370. The highest BCUT2D eigenvalue weighted by molar-refractivity contribution is 7.89. The van der Waals surface area contributed by atoms with Gasteiger partial charge in [-0.15, -0.1) is 0 Å². The van der Waals surface area contributed by atoms with Crippen LogP contribution in [-0.2, 0) is 36.1 Å². The average molecular weight is 626 g/mol. The number of rotatable bonds is 14. The summed E-state index contributed by atoms with van der Waals surface area (Å²) in [6.07, 6.45) is 3.91. The van der Waals surface area contributed by atoms with Gasteiger partial charge < -0.3 is 24.8 Å². The molecule has 2 aliphatic carbocycles. The van der Waals surface area contributed by atoms with Gasteiger partial charge in [0.1, 0.15) is 6.10 Å². The number of carbonyl (C=O) groups excluding carboxylic acids is 1. The van der Waals surface area contributed by atoms with Gasteiger partial charge in [-0.1, -0.05) is 56.3 Å². The molecule has 10 heteroatoms. The second-order valence-electron chi connectivity index (χ2n) is 13.6. The number of benzene rings is 2. The Balaban J connectivity index is 1.15. The molecule has 2 N–H and O–H groups in total. The van der Waals surface area contributed by atoms with Gasteiger partial charge in [0.2, 0.25) is 10.0 Å². The standard InChI is InChI=1S/C34H47N3O6S/c1-23(2)20-37(44(39,40)29-11-9-27(10-12-29)34(14-15-34)22-35-3)16-13-28(17-24-7-5-4-6-8-24)36-33(38)43-31-26-18-25-19-30(31)42-32(25)41-21-26/h4-12,23,25-26,28,30-32,35H,13-22H2,1-3H3,(H,36,38)/t25?,26-,28-,30?,31?,32?/m1/s1. The van der Waals surface area contributed by atoms with E-state index in [1.165, 1.54) is 5.56 Å². The third-order valence-corrected chi connectivity index (χ3v) is 11.7. The Morgan fingerprint density at radius 1 is 1.07 bits per heavy atom. The first-order valence-electron chi connectivity index (χ1n) is 16.2. The van der Waals surface area contributed by atoms with E-state index in [0.717, 1.165) is 37.8 Å². The zero-order valence-corrected chi connectivity index (χ0v) is 26.9. The van der Waals surface area contributed by atoms with E-state index < -0.39 is 16.1 Å². The van der Waals surface area contributed by atoms with Crippen molar-refractivity contribution in [1.82, 2.24) is 14.9 Å². The first kappa shape index (κ1) is 31.5. The second kappa shape index (κ2) is 13.1. The summed E-state index contributed by atoms with van der Waals surface area (Å²) in [6, 6.07) is 17.1. The zero-order valence-electron chi connectivity index (χ0n) is 26.1. The van der Waals surface area contributed by atoms with Crippen LogP contribution >= 0.6 is 0 Å². The van der Waals surface area contributed by atoms with Crippen molar-refractivity contribution in [3.05, 3.63) is 65.7 Å². The zero-order chi connectivity index (χ0) is 30.9. The molecule has 4 unspecified atom stereocenters. The second-order valence-corrected chi connectivity index (χ2v) is 15.6. The SMILES string of the molecule is CNCC1(c2ccc(S(=O)(=O)N(CC[C@H](Cc3ccccc3)NC(=O)OC3C4CC5C[C@@H]3COC5O4)CC(C)C)cc2)CC1. The fourth-order valence-corrected chi connectivity index (χ4v) is 8.99. The van der Waals surface area contributed by atoms with Gasteiger partial charge >= 0.3 is 6.09 Å². The maximum atomic E-state index is 13.9. The number of amides is 1. The first-order valence-corrected chi connectivity index (χ1v) is 17.6. The van der Waals surface area contributed by atoms with Gasteiger partial charge in [0, 0.05) is 42.9 Å². The summed E-state index contributed by atoms with van der Waals surface area (Å²) in [6.45, 7) is 6.14. The lowest BCUT2D eigenvalue weighted by atomic mass is 9.78. The maximum absolute atomic E-state index is 13.9. The van der Waals surface area contributed by atoms with E-state index in [1.54, 1.807) is 16.4 Å². The van der Waals surface area contributed by atoms with Crippen LogP contribution in [0.5, 0.6) is 0 Å². The van der Waals surface area contributed by atoms with Gasteiger partial charge in [0.25, 0.3) is 0 Å². The summed E-state index contributed by atoms with van der Waals surface area (Å²) in [5.41, 5.74) is 2.37. The van der Waals surface area contributed by atoms with Crippen molar-refractivity contribution in [2.75, 3.05) is 33.3 Å². The van der Waals surface area contributed by atoms with Crippen molar-refractivity contribution < 1.29 is 27.4 Å². The predicted octanol–water partition coefficient (Wildman–Crippen LogP) is 4.46. The van der Waals surface area contributed by atoms with E-state index in [-0.39, 0.29) is 48.3 Å². The lowest BCUT2D eigenvalue weighted by molar-refractivity contribution is -0.153. The fourth-order valence-electron chi connectivity index (χ4n) is 7.37. The molecular weight excluding hydrogens is 578 g/mol. The third-order valence-electron chi connectivity index (χ3n) is 9.80. The number of hydrogen-bond donors (Lipinski definition) is 2. The number of nitrogens with one attached hydrogen (secondary N) is 2. The van der Waals surface area contributed by atoms with Crippen LogP contribution < -0.4 is 10.6 Å². The van der Waals surface area contributed by atoms with Crippen LogP contribution in [0.3, 0.4) is 0 Å². The van der Waals surface area contributed by atoms with Gasteiger partial charge in [-0.2, -0.15) is 4.31 Å². The Kier molecular flexibility index (Phi) is 9.36. The molecule has 44 heavy (non-hydrogen) atoms. The number of hydrogen-bond acceptors (Lipinski definition) is 7. The summed E-state index contributed by atoms with van der Waals surface area (Å²) in [5, 5.41) is 6.36. The van der Waals surface area contributed by atoms with Crippen molar-refractivity contribution in [3.8, 4) is 0 Å². The van der Waals surface area contributed by atoms with E-state index >= 15 is 0 Å². The Hall–Kier alpha value is -2.50. The van der Waals surface area contributed by atoms with E-state index in [0.29, 0.717) is 36.8 Å². The molecule has 2 heterocycles. The summed E-state index contributed by atoms with van der Waals surface area (Å²) < 4.78 is 47.3. The van der Waals surface area contributed by atoms with E-state index in [4.69, 9.17) is 14.2 Å². The number of fused-ring (bicyclic) bond motifs is 2. The number of ether oxygens (including phenoxy) is 3. The van der Waals surface area contributed by atoms with Crippen molar-refractivity contribution >= 4 is 16.1 Å². The van der Waals surface area contributed by atoms with E-state index in [1.807, 2.05) is 63.4 Å². The minimum Gasteiger partial charge on any atom is -0.443 e. The monoisotopic (exact) mass is 625 g/mol. The van der Waals surface area contributed by atoms with E-state index in [9.17, 15) is 13.2 Å². The van der Waals surface area contributed by atoms with Gasteiger partial charge in [0.15, 0.2) is 6.29 Å². The van der Waals surface area contributed by atoms with Crippen molar-refractivity contribution in [1.29, 1.82) is 0 Å². The highest BCUT2D eigenvalue weighted by Gasteiger charge is 2.53. The molecule has 0 radical (unpaired) electrons. The maximum Gasteiger partial charge on any atom is 0.407 e. The molecule has 0 spiro atoms. The van der Waals surface area contributed by atoms with Crippen LogP contribution in [0.15, 0.2) is 59.5 Å². The molecule has 240 valence electrons. The minimum atomic E-state index is -3.74. The van der Waals surface area contributed by atoms with Gasteiger partial charge in [-0.25, -0.2) is 13.2 Å². The van der Waals surface area contributed by atoms with Gasteiger partial charge in [-0.3, -0.25) is 0 Å². The number of likely N-dealkylation sites (N-methyl/N-ethyl adjacent to an activating group) is 1. The molecule has 2 aromatic rings. The van der Waals surface area contributed by atoms with Crippen LogP contribution in [0.25, 0.3) is 0 Å². The first-order chi connectivity index (χ1) is 21.2. The topological polar surface area (TPSA) is 106 Å². The van der Waals surface area contributed by atoms with Crippen LogP contribution in [0.2, 0.25) is 0 Å². The Morgan fingerprint density at radius 3 is 2.50 bits per heavy atom. The number of nitrogens with zero attached hydrogens (tertiary/aromatic N) is 1. The molecule has 4 aliphatic rings. The largest absolute Gasteiger partial charge is 0.443 e. The molecule has 9 nitrogen and oxygen atoms in total. The average Bonchev–Trinajstić information content (AvgIpc) is 3.73. The molecule has 0 aromatic heterocycles. The highest BCUT2D eigenvalue weighted by atomic mass is 32.2. The molecule has 6 rings (SSSR count). The summed E-state index contributed by atoms with van der Waals surface area (Å²) in [4.78, 5) is 13.6. The fraction of sp³-hybridized carbons (Fsp3) is 0.618. The molecule has 3 bridgehead atoms. The summed E-state index contributed by atoms with van der Waals surface area (Å²) >= 11 is 0. The number of sulfonamides is 1. The predicted molar refractivity (Wildman–Crippen MR) is 168 cm³/mol. The van der Waals surface area contributed by atoms with Crippen LogP contribution in [0.4, 0.5) is 4.79 Å². The normalized spacial score (nSPS) is 27.4. The summed E-state index contributed by atoms with van der Waals surface area (Å²) in [7, 11) is -1.79. The third kappa shape index (κ3) is 6.84. The number of alkyl carbamates (subject to hydrolysis) is 1. The lowest BCUT2D eigenvalue weighted by Gasteiger charge is -2.36. The van der Waals surface area contributed by atoms with Crippen molar-refractivity contribution in [2.24, 2.45) is 17.8 Å². The van der Waals surface area contributed by atoms with Crippen molar-refractivity contribution in [3.63, 3.8) is 0 Å². The molecule has 2 saturated heterocycles. The van der Waals surface area contributed by atoms with E-state index in [2.05, 4.69) is 10.6 Å². The molecule has 2 aliphatic heterocycles. The smallest absolute Gasteiger partial charge is 0.407 e. The Morgan fingerprint density at radius 2 is 1.82 bits per heavy atom. The van der Waals surface area contributed by atoms with Crippen molar-refractivity contribution in [2.45, 2.75) is 87.2 Å². The Labute approximate surface area is 262 Å². The van der Waals surface area contributed by atoms with Crippen LogP contribution in [0.1, 0.15) is 57.1 Å². The molecule has 6 atom stereocenters. The molecule has 1 amide bonds. The van der Waals surface area contributed by atoms with Gasteiger partial charge in [-0.05, 0) is 74.8 Å². The molecule has 4 fully saturated rings. The molecule has 2 saturated carbocycles. The molecular formula is C34H47N3O6S. The van der Waals surface area contributed by atoms with Crippen LogP contribution in [-0.4, -0.2) is 76.6 Å².